The first-order chi connectivity index (χ1) is 5.90. The fourth-order valence-corrected chi connectivity index (χ4v) is 2.47. The number of carbonyl (C=O) groups is 1. The fraction of sp³-hybridized carbons (Fsp3) is 0.750. The summed E-state index contributed by atoms with van der Waals surface area (Å²) < 4.78 is 15.1. The van der Waals surface area contributed by atoms with Gasteiger partial charge in [0.15, 0.2) is 0 Å². The molecule has 1 heterocycles. The van der Waals surface area contributed by atoms with Crippen LogP contribution in [-0.4, -0.2) is 44.7 Å². The first-order valence-electron chi connectivity index (χ1n) is 3.35. The fourth-order valence-electron chi connectivity index (χ4n) is 0.863. The minimum atomic E-state index is -4.25. The molecule has 1 saturated heterocycles. The van der Waals surface area contributed by atoms with Gasteiger partial charge in [-0.05, 0) is 0 Å². The van der Waals surface area contributed by atoms with Crippen LogP contribution in [0, 0.1) is 0 Å². The van der Waals surface area contributed by atoms with Crippen molar-refractivity contribution in [2.24, 2.45) is 0 Å². The molecule has 13 heavy (non-hydrogen) atoms. The molecule has 0 spiro atoms. The lowest BCUT2D eigenvalue weighted by Crippen LogP contribution is -2.36. The average Bonchev–Trinajstić information content (AvgIpc) is 1.96. The van der Waals surface area contributed by atoms with E-state index < -0.39 is 27.9 Å². The largest absolute Gasteiger partial charge is 0.344 e. The molecule has 76 valence electrons. The second-order valence-corrected chi connectivity index (χ2v) is 5.26. The van der Waals surface area contributed by atoms with E-state index in [1.54, 1.807) is 0 Å². The average molecular weight is 229 g/mol. The molecule has 1 unspecified atom stereocenters. The molecule has 1 aliphatic rings. The summed E-state index contributed by atoms with van der Waals surface area (Å²) in [6.45, 7) is 0.206. The summed E-state index contributed by atoms with van der Waals surface area (Å²) in [6, 6.07) is 0. The van der Waals surface area contributed by atoms with Crippen LogP contribution in [0.5, 0.6) is 0 Å². The number of amides is 1. The maximum absolute atomic E-state index is 11.0. The predicted molar refractivity (Wildman–Crippen MR) is 44.1 cm³/mol. The number of rotatable bonds is 2. The molecule has 0 aromatic carbocycles. The maximum atomic E-state index is 11.0. The molecule has 0 saturated carbocycles. The number of nitrogens with zero attached hydrogens (tertiary/aromatic N) is 1. The van der Waals surface area contributed by atoms with Gasteiger partial charge in [0.25, 0.3) is 8.38 Å². The molecular weight excluding hydrogens is 220 g/mol. The van der Waals surface area contributed by atoms with E-state index >= 15 is 0 Å². The van der Waals surface area contributed by atoms with E-state index in [1.807, 2.05) is 0 Å². The first-order valence-corrected chi connectivity index (χ1v) is 6.36. The van der Waals surface area contributed by atoms with Gasteiger partial charge in [0.1, 0.15) is 6.29 Å². The van der Waals surface area contributed by atoms with Crippen LogP contribution < -0.4 is 0 Å². The van der Waals surface area contributed by atoms with E-state index in [-0.39, 0.29) is 13.2 Å². The van der Waals surface area contributed by atoms with Gasteiger partial charge in [0, 0.05) is 6.54 Å². The van der Waals surface area contributed by atoms with Gasteiger partial charge in [0.2, 0.25) is 0 Å². The van der Waals surface area contributed by atoms with Crippen LogP contribution in [0.2, 0.25) is 0 Å². The quantitative estimate of drug-likeness (QED) is 0.569. The van der Waals surface area contributed by atoms with Crippen molar-refractivity contribution in [3.63, 3.8) is 0 Å². The number of hydrogen-bond donors (Lipinski definition) is 3. The molecule has 0 aromatic heterocycles. The van der Waals surface area contributed by atoms with Crippen molar-refractivity contribution < 1.29 is 28.6 Å². The second-order valence-electron chi connectivity index (χ2n) is 2.46. The summed E-state index contributed by atoms with van der Waals surface area (Å²) >= 11 is 0. The third kappa shape index (κ3) is 3.31. The van der Waals surface area contributed by atoms with Crippen molar-refractivity contribution in [3.8, 4) is 0 Å². The lowest BCUT2D eigenvalue weighted by Gasteiger charge is -2.28. The minimum absolute atomic E-state index is 0.101. The van der Waals surface area contributed by atoms with E-state index in [9.17, 15) is 9.36 Å². The van der Waals surface area contributed by atoms with Crippen molar-refractivity contribution in [3.05, 3.63) is 0 Å². The summed E-state index contributed by atoms with van der Waals surface area (Å²) in [4.78, 5) is 38.0. The van der Waals surface area contributed by atoms with Gasteiger partial charge in [-0.25, -0.2) is 0 Å². The molecule has 0 bridgehead atoms. The molecule has 0 radical (unpaired) electrons. The van der Waals surface area contributed by atoms with Gasteiger partial charge >= 0.3 is 13.2 Å². The Hall–Kier alpha value is -0.0300. The maximum Gasteiger partial charge on any atom is 0.344 e. The Kier molecular flexibility index (Phi) is 3.40. The third-order valence-corrected chi connectivity index (χ3v) is 3.11. The van der Waals surface area contributed by atoms with E-state index in [4.69, 9.17) is 14.7 Å². The van der Waals surface area contributed by atoms with Crippen molar-refractivity contribution in [2.75, 3.05) is 19.4 Å². The molecule has 1 atom stereocenters. The van der Waals surface area contributed by atoms with Crippen LogP contribution in [0.4, 0.5) is 4.79 Å². The molecule has 1 rings (SSSR count). The minimum Gasteiger partial charge on any atom is -0.343 e. The Balaban J connectivity index is 2.59. The standard InChI is InChI=1S/C4H9NO6P2/c6-4-5(3-13(8,9)10)1-2-11-12(4)7/h7H,1-3H2,(H2,8,9,10). The van der Waals surface area contributed by atoms with Crippen LogP contribution in [0.1, 0.15) is 0 Å². The highest BCUT2D eigenvalue weighted by atomic mass is 31.2. The molecule has 1 fully saturated rings. The Bertz CT molecular complexity index is 251. The lowest BCUT2D eigenvalue weighted by atomic mass is 10.6. The van der Waals surface area contributed by atoms with Crippen molar-refractivity contribution >= 4 is 21.6 Å². The van der Waals surface area contributed by atoms with Gasteiger partial charge < -0.3 is 24.1 Å². The Morgan fingerprint density at radius 1 is 1.62 bits per heavy atom. The molecule has 0 aliphatic carbocycles. The SMILES string of the molecule is O=C1N(CP(=O)(O)O)CCOP1O. The number of carbonyl (C=O) groups excluding carboxylic acids is 1. The Morgan fingerprint density at radius 3 is 2.77 bits per heavy atom. The summed E-state index contributed by atoms with van der Waals surface area (Å²) in [5, 5.41) is 0. The van der Waals surface area contributed by atoms with Gasteiger partial charge in [-0.1, -0.05) is 0 Å². The van der Waals surface area contributed by atoms with E-state index in [0.717, 1.165) is 4.90 Å². The molecule has 7 nitrogen and oxygen atoms in total. The molecule has 1 amide bonds. The highest BCUT2D eigenvalue weighted by molar-refractivity contribution is 7.65. The molecule has 3 N–H and O–H groups in total. The zero-order chi connectivity index (χ0) is 10.1. The highest BCUT2D eigenvalue weighted by Crippen LogP contribution is 2.42. The van der Waals surface area contributed by atoms with Crippen LogP contribution in [0.25, 0.3) is 0 Å². The van der Waals surface area contributed by atoms with Crippen LogP contribution >= 0.6 is 16.0 Å². The van der Waals surface area contributed by atoms with Crippen molar-refractivity contribution in [1.82, 2.24) is 4.90 Å². The monoisotopic (exact) mass is 229 g/mol. The van der Waals surface area contributed by atoms with Gasteiger partial charge in [-0.3, -0.25) is 9.36 Å². The smallest absolute Gasteiger partial charge is 0.343 e. The van der Waals surface area contributed by atoms with Crippen LogP contribution in [0.15, 0.2) is 0 Å². The second kappa shape index (κ2) is 4.00. The summed E-state index contributed by atoms with van der Waals surface area (Å²) in [7, 11) is -6.45. The Morgan fingerprint density at radius 2 is 2.23 bits per heavy atom. The van der Waals surface area contributed by atoms with E-state index in [2.05, 4.69) is 4.52 Å². The van der Waals surface area contributed by atoms with E-state index in [0.29, 0.717) is 0 Å². The molecule has 0 aromatic rings. The first kappa shape index (κ1) is 11.0. The van der Waals surface area contributed by atoms with Crippen molar-refractivity contribution in [1.29, 1.82) is 0 Å². The lowest BCUT2D eigenvalue weighted by molar-refractivity contribution is 0.181. The van der Waals surface area contributed by atoms with Crippen molar-refractivity contribution in [2.45, 2.75) is 0 Å². The van der Waals surface area contributed by atoms with Crippen LogP contribution in [0.3, 0.4) is 0 Å². The number of hydrogen-bond acceptors (Lipinski definition) is 4. The molecule has 1 aliphatic heterocycles. The summed E-state index contributed by atoms with van der Waals surface area (Å²) in [5.41, 5.74) is -0.746. The Labute approximate surface area is 75.4 Å². The topological polar surface area (TPSA) is 107 Å². The van der Waals surface area contributed by atoms with Gasteiger partial charge in [-0.15, -0.1) is 0 Å². The highest BCUT2D eigenvalue weighted by Gasteiger charge is 2.32. The predicted octanol–water partition coefficient (Wildman–Crippen LogP) is -0.122. The molecular formula is C4H9NO6P2. The van der Waals surface area contributed by atoms with Crippen LogP contribution in [-0.2, 0) is 9.09 Å². The van der Waals surface area contributed by atoms with Gasteiger partial charge in [-0.2, -0.15) is 0 Å². The van der Waals surface area contributed by atoms with E-state index in [1.165, 1.54) is 0 Å². The molecule has 9 heteroatoms. The van der Waals surface area contributed by atoms with Gasteiger partial charge in [0.05, 0.1) is 6.61 Å². The third-order valence-electron chi connectivity index (χ3n) is 1.36. The summed E-state index contributed by atoms with van der Waals surface area (Å²) in [6.07, 6.45) is -0.658. The summed E-state index contributed by atoms with van der Waals surface area (Å²) in [5.74, 6) is 0. The zero-order valence-corrected chi connectivity index (χ0v) is 8.32. The zero-order valence-electron chi connectivity index (χ0n) is 6.53. The normalized spacial score (nSPS) is 25.0.